The van der Waals surface area contributed by atoms with Crippen molar-refractivity contribution in [2.24, 2.45) is 0 Å². The summed E-state index contributed by atoms with van der Waals surface area (Å²) in [5.41, 5.74) is 2.12. The van der Waals surface area contributed by atoms with E-state index in [9.17, 15) is 4.79 Å². The number of hydrogen-bond acceptors (Lipinski definition) is 3. The van der Waals surface area contributed by atoms with Gasteiger partial charge in [-0.15, -0.1) is 0 Å². The van der Waals surface area contributed by atoms with Crippen molar-refractivity contribution in [3.63, 3.8) is 0 Å². The molecule has 0 amide bonds. The summed E-state index contributed by atoms with van der Waals surface area (Å²) in [5.74, 6) is 0.536. The molecule has 0 aliphatic heterocycles. The highest BCUT2D eigenvalue weighted by atomic mass is 16.1. The number of aromatic nitrogens is 3. The first-order valence-electron chi connectivity index (χ1n) is 6.64. The Balaban J connectivity index is 2.31. The summed E-state index contributed by atoms with van der Waals surface area (Å²) in [6.07, 6.45) is 2.47. The van der Waals surface area contributed by atoms with E-state index in [4.69, 9.17) is 0 Å². The largest absolute Gasteiger partial charge is 0.305 e. The van der Waals surface area contributed by atoms with Gasteiger partial charge in [-0.05, 0) is 24.8 Å². The number of H-pyrrole nitrogens is 1. The molecule has 0 saturated heterocycles. The van der Waals surface area contributed by atoms with E-state index in [1.165, 1.54) is 0 Å². The average molecular weight is 265 g/mol. The molecule has 20 heavy (non-hydrogen) atoms. The lowest BCUT2D eigenvalue weighted by molar-refractivity contribution is 0.951. The third kappa shape index (κ3) is 1.99. The highest BCUT2D eigenvalue weighted by molar-refractivity contribution is 5.92. The molecule has 0 radical (unpaired) electrons. The van der Waals surface area contributed by atoms with Crippen molar-refractivity contribution in [1.82, 2.24) is 15.0 Å². The molecular weight excluding hydrogens is 250 g/mol. The molecule has 0 spiro atoms. The van der Waals surface area contributed by atoms with E-state index in [0.717, 1.165) is 28.6 Å². The van der Waals surface area contributed by atoms with Gasteiger partial charge in [0.15, 0.2) is 5.82 Å². The lowest BCUT2D eigenvalue weighted by Gasteiger charge is -2.07. The maximum Gasteiger partial charge on any atom is 0.254 e. The van der Waals surface area contributed by atoms with Crippen molar-refractivity contribution in [2.45, 2.75) is 20.3 Å². The van der Waals surface area contributed by atoms with Gasteiger partial charge < -0.3 is 4.98 Å². The fourth-order valence-electron chi connectivity index (χ4n) is 2.34. The van der Waals surface area contributed by atoms with Gasteiger partial charge in [0.2, 0.25) is 0 Å². The van der Waals surface area contributed by atoms with Crippen molar-refractivity contribution >= 4 is 10.8 Å². The van der Waals surface area contributed by atoms with Crippen LogP contribution >= 0.6 is 0 Å². The van der Waals surface area contributed by atoms with Crippen LogP contribution in [0.4, 0.5) is 0 Å². The second kappa shape index (κ2) is 4.89. The van der Waals surface area contributed by atoms with Crippen LogP contribution in [-0.2, 0) is 6.42 Å². The Hall–Kier alpha value is -2.49. The molecule has 0 fully saturated rings. The van der Waals surface area contributed by atoms with Crippen LogP contribution in [0.25, 0.3) is 22.3 Å². The third-order valence-corrected chi connectivity index (χ3v) is 3.48. The van der Waals surface area contributed by atoms with E-state index in [2.05, 4.69) is 15.0 Å². The van der Waals surface area contributed by atoms with Gasteiger partial charge in [0.25, 0.3) is 5.56 Å². The average Bonchev–Trinajstić information content (AvgIpc) is 2.49. The molecule has 0 atom stereocenters. The molecule has 0 unspecified atom stereocenters. The Labute approximate surface area is 116 Å². The lowest BCUT2D eigenvalue weighted by atomic mass is 10.1. The van der Waals surface area contributed by atoms with E-state index < -0.39 is 0 Å². The molecule has 4 heteroatoms. The molecule has 3 rings (SSSR count). The third-order valence-electron chi connectivity index (χ3n) is 3.48. The van der Waals surface area contributed by atoms with Crippen molar-refractivity contribution in [3.05, 3.63) is 58.1 Å². The summed E-state index contributed by atoms with van der Waals surface area (Å²) in [4.78, 5) is 23.8. The number of aryl methyl sites for hydroxylation is 1. The zero-order valence-corrected chi connectivity index (χ0v) is 11.5. The highest BCUT2D eigenvalue weighted by Gasteiger charge is 2.11. The van der Waals surface area contributed by atoms with Crippen LogP contribution in [0.2, 0.25) is 0 Å². The van der Waals surface area contributed by atoms with E-state index in [1.54, 1.807) is 13.1 Å². The summed E-state index contributed by atoms with van der Waals surface area (Å²) in [5, 5.41) is 2.07. The van der Waals surface area contributed by atoms with Gasteiger partial charge in [0.05, 0.1) is 5.69 Å². The lowest BCUT2D eigenvalue weighted by Crippen LogP contribution is -2.16. The number of nitrogens with one attached hydrogen (secondary N) is 1. The van der Waals surface area contributed by atoms with Crippen molar-refractivity contribution < 1.29 is 0 Å². The molecule has 0 bridgehead atoms. The Bertz CT molecular complexity index is 831. The fourth-order valence-corrected chi connectivity index (χ4v) is 2.34. The zero-order chi connectivity index (χ0) is 14.1. The number of hydrogen-bond donors (Lipinski definition) is 1. The quantitative estimate of drug-likeness (QED) is 0.775. The summed E-state index contributed by atoms with van der Waals surface area (Å²) in [7, 11) is 0. The monoisotopic (exact) mass is 265 g/mol. The van der Waals surface area contributed by atoms with Gasteiger partial charge in [-0.25, -0.2) is 4.98 Å². The minimum atomic E-state index is -0.0958. The second-order valence-corrected chi connectivity index (χ2v) is 4.72. The standard InChI is InChI=1S/C16H15N3O/c1-3-13-10(2)16(20)19-15(18-13)14-12-7-5-4-6-11(12)8-9-17-14/h4-9H,3H2,1-2H3,(H,18,19,20). The van der Waals surface area contributed by atoms with Crippen molar-refractivity contribution in [1.29, 1.82) is 0 Å². The summed E-state index contributed by atoms with van der Waals surface area (Å²) in [6.45, 7) is 3.79. The van der Waals surface area contributed by atoms with E-state index in [0.29, 0.717) is 11.4 Å². The first kappa shape index (κ1) is 12.5. The number of pyridine rings is 1. The Morgan fingerprint density at radius 1 is 1.20 bits per heavy atom. The van der Waals surface area contributed by atoms with Gasteiger partial charge in [-0.1, -0.05) is 31.2 Å². The summed E-state index contributed by atoms with van der Waals surface area (Å²) in [6, 6.07) is 9.90. The molecule has 100 valence electrons. The Morgan fingerprint density at radius 3 is 2.80 bits per heavy atom. The maximum absolute atomic E-state index is 12.0. The van der Waals surface area contributed by atoms with E-state index in [-0.39, 0.29) is 5.56 Å². The van der Waals surface area contributed by atoms with Crippen molar-refractivity contribution in [3.8, 4) is 11.5 Å². The van der Waals surface area contributed by atoms with Gasteiger partial charge in [0, 0.05) is 17.1 Å². The fraction of sp³-hybridized carbons (Fsp3) is 0.188. The molecule has 2 heterocycles. The predicted octanol–water partition coefficient (Wildman–Crippen LogP) is 2.86. The smallest absolute Gasteiger partial charge is 0.254 e. The molecule has 0 aliphatic carbocycles. The van der Waals surface area contributed by atoms with Crippen LogP contribution in [0, 0.1) is 6.92 Å². The van der Waals surface area contributed by atoms with E-state index >= 15 is 0 Å². The van der Waals surface area contributed by atoms with Crippen LogP contribution in [-0.4, -0.2) is 15.0 Å². The SMILES string of the molecule is CCc1nc(-c2nccc3ccccc23)[nH]c(=O)c1C. The summed E-state index contributed by atoms with van der Waals surface area (Å²) >= 11 is 0. The molecule has 0 saturated carbocycles. The van der Waals surface area contributed by atoms with Crippen LogP contribution in [0.1, 0.15) is 18.2 Å². The van der Waals surface area contributed by atoms with Gasteiger partial charge in [0.1, 0.15) is 5.69 Å². The molecule has 0 aliphatic rings. The molecule has 3 aromatic rings. The predicted molar refractivity (Wildman–Crippen MR) is 79.7 cm³/mol. The first-order valence-corrected chi connectivity index (χ1v) is 6.64. The minimum absolute atomic E-state index is 0.0958. The van der Waals surface area contributed by atoms with E-state index in [1.807, 2.05) is 37.3 Å². The van der Waals surface area contributed by atoms with Crippen molar-refractivity contribution in [2.75, 3.05) is 0 Å². The number of aromatic amines is 1. The molecular formula is C16H15N3O. The van der Waals surface area contributed by atoms with Gasteiger partial charge in [-0.3, -0.25) is 9.78 Å². The first-order chi connectivity index (χ1) is 9.70. The van der Waals surface area contributed by atoms with Crippen LogP contribution in [0.3, 0.4) is 0 Å². The number of fused-ring (bicyclic) bond motifs is 1. The van der Waals surface area contributed by atoms with Gasteiger partial charge >= 0.3 is 0 Å². The van der Waals surface area contributed by atoms with Crippen LogP contribution < -0.4 is 5.56 Å². The van der Waals surface area contributed by atoms with Crippen LogP contribution in [0.5, 0.6) is 0 Å². The van der Waals surface area contributed by atoms with Gasteiger partial charge in [-0.2, -0.15) is 0 Å². The number of nitrogens with zero attached hydrogens (tertiary/aromatic N) is 2. The zero-order valence-electron chi connectivity index (χ0n) is 11.5. The molecule has 1 N–H and O–H groups in total. The molecule has 2 aromatic heterocycles. The van der Waals surface area contributed by atoms with Crippen LogP contribution in [0.15, 0.2) is 41.3 Å². The minimum Gasteiger partial charge on any atom is -0.305 e. The maximum atomic E-state index is 12.0. The highest BCUT2D eigenvalue weighted by Crippen LogP contribution is 2.23. The Morgan fingerprint density at radius 2 is 2.00 bits per heavy atom. The topological polar surface area (TPSA) is 58.6 Å². The second-order valence-electron chi connectivity index (χ2n) is 4.72. The molecule has 1 aromatic carbocycles. The number of benzene rings is 1. The Kier molecular flexibility index (Phi) is 3.06. The molecule has 4 nitrogen and oxygen atoms in total. The number of rotatable bonds is 2. The summed E-state index contributed by atoms with van der Waals surface area (Å²) < 4.78 is 0. The normalized spacial score (nSPS) is 10.9.